The Labute approximate surface area is 107 Å². The van der Waals surface area contributed by atoms with Gasteiger partial charge in [0.2, 0.25) is 0 Å². The smallest absolute Gasteiger partial charge is 0.308 e. The van der Waals surface area contributed by atoms with Gasteiger partial charge in [0.1, 0.15) is 0 Å². The van der Waals surface area contributed by atoms with Crippen molar-refractivity contribution in [1.29, 1.82) is 0 Å². The lowest BCUT2D eigenvalue weighted by Gasteiger charge is -2.11. The average Bonchev–Trinajstić information content (AvgIpc) is 2.70. The Morgan fingerprint density at radius 3 is 2.82 bits per heavy atom. The third-order valence-electron chi connectivity index (χ3n) is 2.66. The molecule has 4 heteroatoms. The Kier molecular flexibility index (Phi) is 6.22. The van der Waals surface area contributed by atoms with E-state index in [0.29, 0.717) is 6.04 Å². The standard InChI is InChI=1S/C13H21NO2S/c1-3-4-5-10(2)14-9-12-7-6-11(17-12)8-13(15)16/h6-7,10,14H,3-5,8-9H2,1-2H3,(H,15,16). The molecule has 1 unspecified atom stereocenters. The maximum absolute atomic E-state index is 10.6. The van der Waals surface area contributed by atoms with Gasteiger partial charge >= 0.3 is 5.97 Å². The maximum Gasteiger partial charge on any atom is 0.308 e. The molecular weight excluding hydrogens is 234 g/mol. The molecule has 17 heavy (non-hydrogen) atoms. The van der Waals surface area contributed by atoms with Crippen LogP contribution >= 0.6 is 11.3 Å². The summed E-state index contributed by atoms with van der Waals surface area (Å²) in [6, 6.07) is 4.45. The Morgan fingerprint density at radius 2 is 2.18 bits per heavy atom. The molecular formula is C13H21NO2S. The van der Waals surface area contributed by atoms with Crippen molar-refractivity contribution in [3.05, 3.63) is 21.9 Å². The molecule has 1 rings (SSSR count). The van der Waals surface area contributed by atoms with E-state index in [1.807, 2.05) is 12.1 Å². The summed E-state index contributed by atoms with van der Waals surface area (Å²) in [6.07, 6.45) is 3.82. The number of unbranched alkanes of at least 4 members (excludes halogenated alkanes) is 1. The zero-order valence-electron chi connectivity index (χ0n) is 10.5. The van der Waals surface area contributed by atoms with Crippen molar-refractivity contribution >= 4 is 17.3 Å². The highest BCUT2D eigenvalue weighted by molar-refractivity contribution is 7.12. The fourth-order valence-electron chi connectivity index (χ4n) is 1.65. The van der Waals surface area contributed by atoms with Crippen LogP contribution in [0.5, 0.6) is 0 Å². The minimum Gasteiger partial charge on any atom is -0.481 e. The first-order valence-electron chi connectivity index (χ1n) is 6.14. The van der Waals surface area contributed by atoms with Gasteiger partial charge in [-0.3, -0.25) is 4.79 Å². The van der Waals surface area contributed by atoms with Crippen LogP contribution in [0, 0.1) is 0 Å². The second-order valence-corrected chi connectivity index (χ2v) is 5.62. The summed E-state index contributed by atoms with van der Waals surface area (Å²) in [4.78, 5) is 12.7. The molecule has 0 aliphatic carbocycles. The lowest BCUT2D eigenvalue weighted by molar-refractivity contribution is -0.136. The predicted molar refractivity (Wildman–Crippen MR) is 71.5 cm³/mol. The Hall–Kier alpha value is -0.870. The van der Waals surface area contributed by atoms with E-state index in [9.17, 15) is 4.79 Å². The van der Waals surface area contributed by atoms with Gasteiger partial charge in [0.15, 0.2) is 0 Å². The average molecular weight is 255 g/mol. The van der Waals surface area contributed by atoms with Crippen LogP contribution in [0.4, 0.5) is 0 Å². The second kappa shape index (κ2) is 7.45. The van der Waals surface area contributed by atoms with Crippen molar-refractivity contribution in [1.82, 2.24) is 5.32 Å². The Morgan fingerprint density at radius 1 is 1.47 bits per heavy atom. The zero-order valence-corrected chi connectivity index (χ0v) is 11.3. The fourth-order valence-corrected chi connectivity index (χ4v) is 2.61. The fraction of sp³-hybridized carbons (Fsp3) is 0.615. The van der Waals surface area contributed by atoms with Gasteiger partial charge < -0.3 is 10.4 Å². The van der Waals surface area contributed by atoms with Gasteiger partial charge in [0.05, 0.1) is 6.42 Å². The lowest BCUT2D eigenvalue weighted by atomic mass is 10.1. The number of thiophene rings is 1. The third-order valence-corrected chi connectivity index (χ3v) is 3.74. The first kappa shape index (κ1) is 14.2. The number of carboxylic acid groups (broad SMARTS) is 1. The normalized spacial score (nSPS) is 12.6. The number of hydrogen-bond donors (Lipinski definition) is 2. The van der Waals surface area contributed by atoms with E-state index in [1.54, 1.807) is 11.3 Å². The molecule has 0 amide bonds. The minimum absolute atomic E-state index is 0.135. The molecule has 1 aromatic heterocycles. The van der Waals surface area contributed by atoms with Crippen LogP contribution in [0.15, 0.2) is 12.1 Å². The molecule has 0 radical (unpaired) electrons. The van der Waals surface area contributed by atoms with Crippen LogP contribution in [0.3, 0.4) is 0 Å². The van der Waals surface area contributed by atoms with Crippen molar-refractivity contribution < 1.29 is 9.90 Å². The Bertz CT molecular complexity index is 349. The van der Waals surface area contributed by atoms with Gasteiger partial charge in [-0.15, -0.1) is 11.3 Å². The van der Waals surface area contributed by atoms with Gasteiger partial charge in [-0.05, 0) is 25.5 Å². The van der Waals surface area contributed by atoms with Crippen molar-refractivity contribution in [2.24, 2.45) is 0 Å². The highest BCUT2D eigenvalue weighted by Crippen LogP contribution is 2.17. The summed E-state index contributed by atoms with van der Waals surface area (Å²) >= 11 is 1.58. The van der Waals surface area contributed by atoms with Gasteiger partial charge in [0, 0.05) is 22.3 Å². The van der Waals surface area contributed by atoms with Crippen molar-refractivity contribution in [2.75, 3.05) is 0 Å². The molecule has 0 spiro atoms. The molecule has 0 aliphatic rings. The van der Waals surface area contributed by atoms with Gasteiger partial charge in [-0.1, -0.05) is 19.8 Å². The SMILES string of the molecule is CCCCC(C)NCc1ccc(CC(=O)O)s1. The summed E-state index contributed by atoms with van der Waals surface area (Å²) in [6.45, 7) is 5.24. The van der Waals surface area contributed by atoms with E-state index in [-0.39, 0.29) is 6.42 Å². The Balaban J connectivity index is 2.31. The quantitative estimate of drug-likeness (QED) is 0.750. The third kappa shape index (κ3) is 5.84. The van der Waals surface area contributed by atoms with Gasteiger partial charge in [-0.25, -0.2) is 0 Å². The first-order chi connectivity index (χ1) is 8.11. The summed E-state index contributed by atoms with van der Waals surface area (Å²) < 4.78 is 0. The van der Waals surface area contributed by atoms with E-state index in [4.69, 9.17) is 5.11 Å². The highest BCUT2D eigenvalue weighted by Gasteiger charge is 2.06. The number of nitrogens with one attached hydrogen (secondary N) is 1. The first-order valence-corrected chi connectivity index (χ1v) is 6.96. The van der Waals surface area contributed by atoms with E-state index < -0.39 is 5.97 Å². The van der Waals surface area contributed by atoms with Crippen molar-refractivity contribution in [2.45, 2.75) is 52.1 Å². The summed E-state index contributed by atoms with van der Waals surface area (Å²) in [5.74, 6) is -0.761. The lowest BCUT2D eigenvalue weighted by Crippen LogP contribution is -2.24. The highest BCUT2D eigenvalue weighted by atomic mass is 32.1. The monoisotopic (exact) mass is 255 g/mol. The van der Waals surface area contributed by atoms with Crippen LogP contribution in [0.25, 0.3) is 0 Å². The number of aliphatic carboxylic acids is 1. The van der Waals surface area contributed by atoms with Gasteiger partial charge in [0.25, 0.3) is 0 Å². The van der Waals surface area contributed by atoms with Gasteiger partial charge in [-0.2, -0.15) is 0 Å². The molecule has 0 aliphatic heterocycles. The molecule has 1 atom stereocenters. The van der Waals surface area contributed by atoms with Crippen LogP contribution in [-0.2, 0) is 17.8 Å². The molecule has 0 aromatic carbocycles. The van der Waals surface area contributed by atoms with Crippen LogP contribution in [-0.4, -0.2) is 17.1 Å². The molecule has 0 fully saturated rings. The van der Waals surface area contributed by atoms with Crippen LogP contribution < -0.4 is 5.32 Å². The zero-order chi connectivity index (χ0) is 12.7. The van der Waals surface area contributed by atoms with Crippen molar-refractivity contribution in [3.8, 4) is 0 Å². The van der Waals surface area contributed by atoms with E-state index in [0.717, 1.165) is 11.4 Å². The summed E-state index contributed by atoms with van der Waals surface area (Å²) in [5, 5.41) is 12.1. The minimum atomic E-state index is -0.761. The molecule has 0 saturated heterocycles. The molecule has 2 N–H and O–H groups in total. The van der Waals surface area contributed by atoms with Crippen LogP contribution in [0.2, 0.25) is 0 Å². The number of hydrogen-bond acceptors (Lipinski definition) is 3. The van der Waals surface area contributed by atoms with E-state index in [2.05, 4.69) is 19.2 Å². The summed E-state index contributed by atoms with van der Waals surface area (Å²) in [5.41, 5.74) is 0. The van der Waals surface area contributed by atoms with Crippen molar-refractivity contribution in [3.63, 3.8) is 0 Å². The number of rotatable bonds is 8. The van der Waals surface area contributed by atoms with E-state index >= 15 is 0 Å². The second-order valence-electron chi connectivity index (χ2n) is 4.36. The largest absolute Gasteiger partial charge is 0.481 e. The maximum atomic E-state index is 10.6. The topological polar surface area (TPSA) is 49.3 Å². The van der Waals surface area contributed by atoms with Crippen LogP contribution in [0.1, 0.15) is 42.9 Å². The summed E-state index contributed by atoms with van der Waals surface area (Å²) in [7, 11) is 0. The molecule has 1 heterocycles. The van der Waals surface area contributed by atoms with E-state index in [1.165, 1.54) is 24.1 Å². The molecule has 0 saturated carbocycles. The molecule has 0 bridgehead atoms. The number of carbonyl (C=O) groups is 1. The molecule has 3 nitrogen and oxygen atoms in total. The molecule has 1 aromatic rings. The number of carboxylic acids is 1. The molecule has 96 valence electrons. The predicted octanol–water partition coefficient (Wildman–Crippen LogP) is 3.04.